The molecule has 0 radical (unpaired) electrons. The van der Waals surface area contributed by atoms with Gasteiger partial charge in [-0.2, -0.15) is 0 Å². The number of fused-ring (bicyclic) bond motifs is 1. The molecular weight excluding hydrogens is 372 g/mol. The molecule has 3 aromatic rings. The van der Waals surface area contributed by atoms with Gasteiger partial charge < -0.3 is 4.90 Å². The summed E-state index contributed by atoms with van der Waals surface area (Å²) in [7, 11) is -1.94. The molecule has 0 aliphatic carbocycles. The number of hydrogen-bond acceptors (Lipinski definition) is 3. The van der Waals surface area contributed by atoms with E-state index in [4.69, 9.17) is 0 Å². The van der Waals surface area contributed by atoms with Crippen molar-refractivity contribution in [1.82, 2.24) is 4.90 Å². The summed E-state index contributed by atoms with van der Waals surface area (Å²) in [6, 6.07) is 20.9. The molecule has 3 aromatic carbocycles. The van der Waals surface area contributed by atoms with Crippen LogP contribution in [-0.2, 0) is 21.4 Å². The molecule has 0 saturated heterocycles. The van der Waals surface area contributed by atoms with Crippen molar-refractivity contribution < 1.29 is 13.2 Å². The Labute approximate surface area is 166 Å². The summed E-state index contributed by atoms with van der Waals surface area (Å²) in [6.45, 7) is 2.19. The summed E-state index contributed by atoms with van der Waals surface area (Å²) in [5.41, 5.74) is 2.66. The van der Waals surface area contributed by atoms with E-state index in [9.17, 15) is 13.2 Å². The molecule has 146 valence electrons. The quantitative estimate of drug-likeness (QED) is 0.640. The number of hydrogen-bond donors (Lipinski definition) is 0. The minimum atomic E-state index is -3.63. The topological polar surface area (TPSA) is 57.7 Å². The Morgan fingerprint density at radius 3 is 2.25 bits per heavy atom. The molecule has 3 rings (SSSR count). The van der Waals surface area contributed by atoms with Crippen molar-refractivity contribution in [3.63, 3.8) is 0 Å². The second-order valence-electron chi connectivity index (χ2n) is 7.00. The van der Waals surface area contributed by atoms with Crippen LogP contribution in [0, 0.1) is 6.92 Å². The molecule has 0 aromatic heterocycles. The highest BCUT2D eigenvalue weighted by molar-refractivity contribution is 7.92. The van der Waals surface area contributed by atoms with Crippen molar-refractivity contribution in [1.29, 1.82) is 0 Å². The molecule has 28 heavy (non-hydrogen) atoms. The number of rotatable bonds is 6. The predicted molar refractivity (Wildman–Crippen MR) is 114 cm³/mol. The number of nitrogens with zero attached hydrogens (tertiary/aromatic N) is 2. The molecule has 0 aliphatic heterocycles. The molecule has 0 bridgehead atoms. The maximum absolute atomic E-state index is 12.8. The number of sulfonamides is 1. The van der Waals surface area contributed by atoms with Gasteiger partial charge in [0.1, 0.15) is 6.54 Å². The maximum atomic E-state index is 12.8. The van der Waals surface area contributed by atoms with Crippen molar-refractivity contribution in [2.75, 3.05) is 24.2 Å². The van der Waals surface area contributed by atoms with Crippen LogP contribution in [0.3, 0.4) is 0 Å². The lowest BCUT2D eigenvalue weighted by Crippen LogP contribution is -2.41. The Bertz CT molecular complexity index is 1090. The van der Waals surface area contributed by atoms with E-state index in [2.05, 4.69) is 0 Å². The van der Waals surface area contributed by atoms with E-state index in [1.54, 1.807) is 24.1 Å². The first-order chi connectivity index (χ1) is 13.3. The monoisotopic (exact) mass is 396 g/mol. The summed E-state index contributed by atoms with van der Waals surface area (Å²) >= 11 is 0. The number of anilines is 1. The smallest absolute Gasteiger partial charge is 0.243 e. The van der Waals surface area contributed by atoms with Gasteiger partial charge in [0.2, 0.25) is 15.9 Å². The second kappa shape index (κ2) is 8.02. The van der Waals surface area contributed by atoms with Crippen LogP contribution >= 0.6 is 0 Å². The van der Waals surface area contributed by atoms with E-state index in [0.29, 0.717) is 12.2 Å². The van der Waals surface area contributed by atoms with Crippen LogP contribution in [0.25, 0.3) is 10.8 Å². The lowest BCUT2D eigenvalue weighted by atomic mass is 10.1. The second-order valence-corrected chi connectivity index (χ2v) is 8.91. The molecule has 0 unspecified atom stereocenters. The van der Waals surface area contributed by atoms with Crippen LogP contribution in [0.15, 0.2) is 66.7 Å². The van der Waals surface area contributed by atoms with Crippen molar-refractivity contribution in [3.05, 3.63) is 77.9 Å². The highest BCUT2D eigenvalue weighted by Gasteiger charge is 2.24. The van der Waals surface area contributed by atoms with Gasteiger partial charge in [-0.05, 0) is 23.9 Å². The number of carbonyl (C=O) groups excluding carboxylic acids is 1. The normalized spacial score (nSPS) is 11.4. The number of likely N-dealkylation sites (N-methyl/N-ethyl adjacent to an activating group) is 1. The summed E-state index contributed by atoms with van der Waals surface area (Å²) in [5, 5.41) is 1.72. The molecule has 0 saturated carbocycles. The third-order valence-electron chi connectivity index (χ3n) is 4.68. The van der Waals surface area contributed by atoms with Gasteiger partial charge in [0.25, 0.3) is 0 Å². The first-order valence-corrected chi connectivity index (χ1v) is 10.9. The average molecular weight is 397 g/mol. The summed E-state index contributed by atoms with van der Waals surface area (Å²) < 4.78 is 26.2. The molecular formula is C22H24N2O3S. The number of aryl methyl sites for hydroxylation is 1. The Morgan fingerprint density at radius 2 is 1.57 bits per heavy atom. The standard InChI is InChI=1S/C22H24N2O3S/c1-17-11-13-18(14-12-17)15-23(2)22(25)16-24(28(3,26)27)21-10-6-8-19-7-4-5-9-20(19)21/h4-14H,15-16H2,1-3H3. The Kier molecular flexibility index (Phi) is 5.70. The minimum Gasteiger partial charge on any atom is -0.340 e. The van der Waals surface area contributed by atoms with Crippen LogP contribution in [-0.4, -0.2) is 39.1 Å². The molecule has 0 N–H and O–H groups in total. The fourth-order valence-corrected chi connectivity index (χ4v) is 3.97. The molecule has 5 nitrogen and oxygen atoms in total. The lowest BCUT2D eigenvalue weighted by molar-refractivity contribution is -0.128. The maximum Gasteiger partial charge on any atom is 0.243 e. The van der Waals surface area contributed by atoms with Crippen molar-refractivity contribution in [2.45, 2.75) is 13.5 Å². The van der Waals surface area contributed by atoms with Gasteiger partial charge in [-0.1, -0.05) is 66.2 Å². The fraction of sp³-hybridized carbons (Fsp3) is 0.227. The van der Waals surface area contributed by atoms with E-state index in [0.717, 1.165) is 28.2 Å². The van der Waals surface area contributed by atoms with Crippen molar-refractivity contribution in [2.24, 2.45) is 0 Å². The average Bonchev–Trinajstić information content (AvgIpc) is 2.66. The Morgan fingerprint density at radius 1 is 0.929 bits per heavy atom. The van der Waals surface area contributed by atoms with Gasteiger partial charge in [0, 0.05) is 19.0 Å². The third-order valence-corrected chi connectivity index (χ3v) is 5.81. The van der Waals surface area contributed by atoms with Crippen molar-refractivity contribution in [3.8, 4) is 0 Å². The zero-order valence-corrected chi connectivity index (χ0v) is 17.1. The summed E-state index contributed by atoms with van der Waals surface area (Å²) in [5.74, 6) is -0.265. The molecule has 6 heteroatoms. The highest BCUT2D eigenvalue weighted by Crippen LogP contribution is 2.28. The van der Waals surface area contributed by atoms with E-state index in [-0.39, 0.29) is 12.5 Å². The van der Waals surface area contributed by atoms with Crippen LogP contribution in [0.2, 0.25) is 0 Å². The van der Waals surface area contributed by atoms with Gasteiger partial charge in [0.15, 0.2) is 0 Å². The summed E-state index contributed by atoms with van der Waals surface area (Å²) in [4.78, 5) is 14.4. The van der Waals surface area contributed by atoms with Gasteiger partial charge in [0.05, 0.1) is 11.9 Å². The zero-order chi connectivity index (χ0) is 20.3. The van der Waals surface area contributed by atoms with E-state index < -0.39 is 10.0 Å². The van der Waals surface area contributed by atoms with Crippen LogP contribution in [0.1, 0.15) is 11.1 Å². The van der Waals surface area contributed by atoms with Gasteiger partial charge in [-0.3, -0.25) is 9.10 Å². The van der Waals surface area contributed by atoms with Crippen molar-refractivity contribution >= 4 is 32.4 Å². The molecule has 0 fully saturated rings. The third kappa shape index (κ3) is 4.51. The Balaban J connectivity index is 1.87. The zero-order valence-electron chi connectivity index (χ0n) is 16.3. The van der Waals surface area contributed by atoms with Gasteiger partial charge in [-0.15, -0.1) is 0 Å². The van der Waals surface area contributed by atoms with E-state index in [1.807, 2.05) is 61.5 Å². The van der Waals surface area contributed by atoms with E-state index in [1.165, 1.54) is 4.31 Å². The van der Waals surface area contributed by atoms with Crippen LogP contribution in [0.5, 0.6) is 0 Å². The molecule has 1 amide bonds. The number of benzene rings is 3. The van der Waals surface area contributed by atoms with Gasteiger partial charge >= 0.3 is 0 Å². The van der Waals surface area contributed by atoms with Crippen LogP contribution in [0.4, 0.5) is 5.69 Å². The molecule has 0 atom stereocenters. The predicted octanol–water partition coefficient (Wildman–Crippen LogP) is 3.57. The van der Waals surface area contributed by atoms with Crippen LogP contribution < -0.4 is 4.31 Å². The first kappa shape index (κ1) is 19.9. The lowest BCUT2D eigenvalue weighted by Gasteiger charge is -2.26. The first-order valence-electron chi connectivity index (χ1n) is 9.01. The number of carbonyl (C=O) groups is 1. The van der Waals surface area contributed by atoms with E-state index >= 15 is 0 Å². The molecule has 0 aliphatic rings. The highest BCUT2D eigenvalue weighted by atomic mass is 32.2. The number of amides is 1. The fourth-order valence-electron chi connectivity index (χ4n) is 3.11. The van der Waals surface area contributed by atoms with Gasteiger partial charge in [-0.25, -0.2) is 8.42 Å². The SMILES string of the molecule is Cc1ccc(CN(C)C(=O)CN(c2cccc3ccccc23)S(C)(=O)=O)cc1. The Hall–Kier alpha value is -2.86. The molecule has 0 spiro atoms. The molecule has 0 heterocycles. The minimum absolute atomic E-state index is 0.241. The summed E-state index contributed by atoms with van der Waals surface area (Å²) in [6.07, 6.45) is 1.13. The largest absolute Gasteiger partial charge is 0.340 e.